The summed E-state index contributed by atoms with van der Waals surface area (Å²) in [5.74, 6) is 3.36. The minimum atomic E-state index is 0.485. The monoisotopic (exact) mass is 239 g/mol. The van der Waals surface area contributed by atoms with E-state index in [2.05, 4.69) is 48.5 Å². The fourth-order valence-electron chi connectivity index (χ4n) is 3.68. The number of unbranched alkanes of at least 4 members (excludes halogenated alkanes) is 1. The quantitative estimate of drug-likeness (QED) is 0.445. The highest BCUT2D eigenvalue weighted by atomic mass is 14.5. The lowest BCUT2D eigenvalue weighted by molar-refractivity contribution is 0.0938. The smallest absolute Gasteiger partial charge is 0.0190 e. The van der Waals surface area contributed by atoms with Crippen LogP contribution in [-0.4, -0.2) is 0 Å². The molecule has 0 aliphatic heterocycles. The Balaban J connectivity index is 5.00. The molecule has 0 fully saturated rings. The van der Waals surface area contributed by atoms with Gasteiger partial charge in [0.2, 0.25) is 0 Å². The fraction of sp³-hybridized carbons (Fsp3) is 0.941. The van der Waals surface area contributed by atoms with Crippen molar-refractivity contribution in [3.8, 4) is 0 Å². The summed E-state index contributed by atoms with van der Waals surface area (Å²) in [5.41, 5.74) is 0.485. The molecule has 0 aliphatic carbocycles. The van der Waals surface area contributed by atoms with Crippen LogP contribution in [0.15, 0.2) is 0 Å². The first kappa shape index (κ1) is 17.0. The van der Waals surface area contributed by atoms with Crippen molar-refractivity contribution in [2.45, 2.75) is 87.0 Å². The summed E-state index contributed by atoms with van der Waals surface area (Å²) in [5, 5.41) is 0. The summed E-state index contributed by atoms with van der Waals surface area (Å²) in [4.78, 5) is 0. The summed E-state index contributed by atoms with van der Waals surface area (Å²) in [6, 6.07) is 0. The van der Waals surface area contributed by atoms with E-state index in [9.17, 15) is 0 Å². The molecular formula is C17H35. The predicted octanol–water partition coefficient (Wildman–Crippen LogP) is 6.26. The maximum absolute atomic E-state index is 2.46. The average molecular weight is 239 g/mol. The van der Waals surface area contributed by atoms with Crippen molar-refractivity contribution < 1.29 is 0 Å². The van der Waals surface area contributed by atoms with E-state index in [1.165, 1.54) is 38.5 Å². The lowest BCUT2D eigenvalue weighted by Crippen LogP contribution is -2.39. The minimum Gasteiger partial charge on any atom is -0.0654 e. The molecule has 2 atom stereocenters. The molecule has 0 bridgehead atoms. The molecule has 0 saturated carbocycles. The molecule has 17 heavy (non-hydrogen) atoms. The Morgan fingerprint density at radius 2 is 1.59 bits per heavy atom. The molecule has 0 aliphatic rings. The Kier molecular flexibility index (Phi) is 8.16. The summed E-state index contributed by atoms with van der Waals surface area (Å²) in [6.07, 6.45) is 8.00. The van der Waals surface area contributed by atoms with E-state index in [1.54, 1.807) is 5.92 Å². The van der Waals surface area contributed by atoms with Gasteiger partial charge in [0.05, 0.1) is 0 Å². The first-order valence-electron chi connectivity index (χ1n) is 7.80. The van der Waals surface area contributed by atoms with Crippen molar-refractivity contribution >= 4 is 0 Å². The topological polar surface area (TPSA) is 0 Å². The first-order chi connectivity index (χ1) is 7.97. The van der Waals surface area contributed by atoms with Crippen LogP contribution in [0, 0.1) is 23.2 Å². The summed E-state index contributed by atoms with van der Waals surface area (Å²) in [7, 11) is 0. The second-order valence-corrected chi connectivity index (χ2v) is 6.14. The predicted molar refractivity (Wildman–Crippen MR) is 80.1 cm³/mol. The molecule has 0 spiro atoms. The maximum atomic E-state index is 2.46. The molecule has 0 heterocycles. The zero-order valence-electron chi connectivity index (χ0n) is 13.4. The van der Waals surface area contributed by atoms with E-state index in [4.69, 9.17) is 0 Å². The van der Waals surface area contributed by atoms with E-state index in [1.807, 2.05) is 0 Å². The van der Waals surface area contributed by atoms with Crippen LogP contribution in [0.2, 0.25) is 0 Å². The lowest BCUT2D eigenvalue weighted by Gasteiger charge is -2.47. The third-order valence-corrected chi connectivity index (χ3v) is 4.89. The molecule has 0 heteroatoms. The average Bonchev–Trinajstić information content (AvgIpc) is 2.31. The summed E-state index contributed by atoms with van der Waals surface area (Å²) >= 11 is 0. The molecule has 0 nitrogen and oxygen atoms in total. The van der Waals surface area contributed by atoms with Gasteiger partial charge in [-0.2, -0.15) is 0 Å². The van der Waals surface area contributed by atoms with Gasteiger partial charge in [-0.1, -0.05) is 74.1 Å². The van der Waals surface area contributed by atoms with E-state index >= 15 is 0 Å². The van der Waals surface area contributed by atoms with E-state index < -0.39 is 0 Å². The van der Waals surface area contributed by atoms with Gasteiger partial charge in [0.15, 0.2) is 0 Å². The Morgan fingerprint density at radius 1 is 1.00 bits per heavy atom. The van der Waals surface area contributed by atoms with Crippen LogP contribution < -0.4 is 0 Å². The van der Waals surface area contributed by atoms with Gasteiger partial charge in [0.1, 0.15) is 0 Å². The lowest BCUT2D eigenvalue weighted by atomic mass is 9.57. The van der Waals surface area contributed by atoms with E-state index in [0.29, 0.717) is 5.41 Å². The highest BCUT2D eigenvalue weighted by Gasteiger charge is 2.41. The van der Waals surface area contributed by atoms with E-state index in [-0.39, 0.29) is 0 Å². The van der Waals surface area contributed by atoms with Crippen LogP contribution in [0.3, 0.4) is 0 Å². The van der Waals surface area contributed by atoms with Crippen LogP contribution in [-0.2, 0) is 0 Å². The third-order valence-electron chi connectivity index (χ3n) is 4.89. The molecule has 0 amide bonds. The molecule has 1 radical (unpaired) electrons. The van der Waals surface area contributed by atoms with E-state index in [0.717, 1.165) is 11.8 Å². The Morgan fingerprint density at radius 3 is 1.94 bits per heavy atom. The Hall–Kier alpha value is 0. The van der Waals surface area contributed by atoms with Crippen molar-refractivity contribution in [2.75, 3.05) is 0 Å². The number of hydrogen-bond donors (Lipinski definition) is 0. The summed E-state index contributed by atoms with van der Waals surface area (Å²) < 4.78 is 0. The van der Waals surface area contributed by atoms with Crippen molar-refractivity contribution in [2.24, 2.45) is 17.3 Å². The van der Waals surface area contributed by atoms with Gasteiger partial charge in [-0.3, -0.25) is 0 Å². The number of hydrogen-bond acceptors (Lipinski definition) is 0. The molecule has 0 aromatic rings. The molecule has 2 unspecified atom stereocenters. The van der Waals surface area contributed by atoms with Gasteiger partial charge in [-0.15, -0.1) is 0 Å². The van der Waals surface area contributed by atoms with Crippen LogP contribution in [0.25, 0.3) is 0 Å². The van der Waals surface area contributed by atoms with Gasteiger partial charge in [-0.05, 0) is 36.0 Å². The molecule has 0 saturated heterocycles. The normalized spacial score (nSPS) is 17.5. The van der Waals surface area contributed by atoms with Crippen molar-refractivity contribution in [1.29, 1.82) is 0 Å². The van der Waals surface area contributed by atoms with Crippen LogP contribution >= 0.6 is 0 Å². The molecule has 103 valence electrons. The molecule has 0 rings (SSSR count). The second kappa shape index (κ2) is 8.16. The Labute approximate surface area is 111 Å². The minimum absolute atomic E-state index is 0.485. The SMILES string of the molecule is CCCC[C](C)C(CCC)(C(C)C)C(C)CC. The molecule has 0 N–H and O–H groups in total. The fourth-order valence-corrected chi connectivity index (χ4v) is 3.68. The second-order valence-electron chi connectivity index (χ2n) is 6.14. The maximum Gasteiger partial charge on any atom is -0.0190 e. The zero-order valence-corrected chi connectivity index (χ0v) is 13.4. The molecular weight excluding hydrogens is 204 g/mol. The highest BCUT2D eigenvalue weighted by Crippen LogP contribution is 2.50. The first-order valence-corrected chi connectivity index (χ1v) is 7.80. The van der Waals surface area contributed by atoms with Gasteiger partial charge in [0.25, 0.3) is 0 Å². The summed E-state index contributed by atoms with van der Waals surface area (Å²) in [6.45, 7) is 16.7. The highest BCUT2D eigenvalue weighted by molar-refractivity contribution is 5.07. The third kappa shape index (κ3) is 4.00. The standard InChI is InChI=1S/C17H35/c1-8-11-12-16(7)17(13-9-2,14(4)5)15(6)10-3/h14-15H,8-13H2,1-7H3. The molecule has 0 aromatic heterocycles. The van der Waals surface area contributed by atoms with Gasteiger partial charge in [-0.25, -0.2) is 0 Å². The van der Waals surface area contributed by atoms with Gasteiger partial charge >= 0.3 is 0 Å². The largest absolute Gasteiger partial charge is 0.0654 e. The van der Waals surface area contributed by atoms with Crippen LogP contribution in [0.5, 0.6) is 0 Å². The Bertz CT molecular complexity index is 182. The van der Waals surface area contributed by atoms with Crippen molar-refractivity contribution in [1.82, 2.24) is 0 Å². The van der Waals surface area contributed by atoms with Gasteiger partial charge in [0, 0.05) is 0 Å². The van der Waals surface area contributed by atoms with Crippen LogP contribution in [0.1, 0.15) is 87.0 Å². The zero-order chi connectivity index (χ0) is 13.5. The number of rotatable bonds is 9. The van der Waals surface area contributed by atoms with Crippen molar-refractivity contribution in [3.63, 3.8) is 0 Å². The van der Waals surface area contributed by atoms with Crippen molar-refractivity contribution in [3.05, 3.63) is 5.92 Å². The molecule has 0 aromatic carbocycles. The van der Waals surface area contributed by atoms with Gasteiger partial charge < -0.3 is 0 Å². The van der Waals surface area contributed by atoms with Crippen LogP contribution in [0.4, 0.5) is 0 Å².